The van der Waals surface area contributed by atoms with Crippen molar-refractivity contribution in [2.45, 2.75) is 0 Å². The van der Waals surface area contributed by atoms with E-state index < -0.39 is 33.7 Å². The summed E-state index contributed by atoms with van der Waals surface area (Å²) in [6, 6.07) is 0. The number of nitro groups is 2. The molecule has 20 heteroatoms. The van der Waals surface area contributed by atoms with E-state index in [9.17, 15) is 29.8 Å². The molecule has 0 amide bonds. The Morgan fingerprint density at radius 3 is 1.33 bits per heavy atom. The van der Waals surface area contributed by atoms with E-state index in [0.29, 0.717) is 0 Å². The third-order valence-electron chi connectivity index (χ3n) is 1.60. The van der Waals surface area contributed by atoms with Crippen molar-refractivity contribution in [3.8, 4) is 0 Å². The van der Waals surface area contributed by atoms with Gasteiger partial charge in [-0.3, -0.25) is 0 Å². The van der Waals surface area contributed by atoms with Crippen molar-refractivity contribution in [2.75, 3.05) is 0 Å². The monoisotopic (exact) mass is 395 g/mol. The molecule has 4 N–H and O–H groups in total. The predicted molar refractivity (Wildman–Crippen MR) is 58.0 cm³/mol. The molecule has 2 heterocycles. The zero-order valence-electron chi connectivity index (χ0n) is 10.6. The maximum atomic E-state index is 10.1. The summed E-state index contributed by atoms with van der Waals surface area (Å²) in [5.41, 5.74) is 0. The Hall–Kier alpha value is -3.65. The van der Waals surface area contributed by atoms with Gasteiger partial charge in [0.15, 0.2) is 0 Å². The van der Waals surface area contributed by atoms with Gasteiger partial charge in [0.1, 0.15) is 10.4 Å². The van der Waals surface area contributed by atoms with Crippen molar-refractivity contribution >= 4 is 11.9 Å². The number of nitrogens with zero attached hydrogens (tertiary/aromatic N) is 10. The quantitative estimate of drug-likeness (QED) is 0.368. The first-order valence-corrected chi connectivity index (χ1v) is 4.58. The molecule has 0 aromatic carbocycles. The number of tetrazole rings is 2. The Bertz CT molecular complexity index is 619. The van der Waals surface area contributed by atoms with E-state index in [1.807, 2.05) is 0 Å². The number of carboxylic acids is 2. The fraction of sp³-hybridized carbons (Fsp3) is 0. The fourth-order valence-electron chi connectivity index (χ4n) is 0.842. The van der Waals surface area contributed by atoms with Crippen molar-refractivity contribution in [3.05, 3.63) is 31.9 Å². The van der Waals surface area contributed by atoms with Gasteiger partial charge in [0.2, 0.25) is 10.4 Å². The summed E-state index contributed by atoms with van der Waals surface area (Å²) in [4.78, 5) is 40.1. The second-order valence-corrected chi connectivity index (χ2v) is 2.87. The number of aromatic nitrogens is 8. The summed E-state index contributed by atoms with van der Waals surface area (Å²) in [5.74, 6) is -4.75. The van der Waals surface area contributed by atoms with E-state index in [2.05, 4.69) is 31.1 Å². The molecule has 133 valence electrons. The summed E-state index contributed by atoms with van der Waals surface area (Å²) < 4.78 is 0. The van der Waals surface area contributed by atoms with Gasteiger partial charge in [0, 0.05) is 16.8 Å². The molecule has 2 rings (SSSR count). The minimum Gasteiger partial charge on any atom is -0.475 e. The van der Waals surface area contributed by atoms with Gasteiger partial charge in [-0.25, -0.2) is 9.59 Å². The van der Waals surface area contributed by atoms with Gasteiger partial charge in [-0.05, 0) is 0 Å². The molecule has 19 nitrogen and oxygen atoms in total. The van der Waals surface area contributed by atoms with Crippen LogP contribution < -0.4 is 0 Å². The van der Waals surface area contributed by atoms with E-state index >= 15 is 0 Å². The number of hydrogen-bond acceptors (Lipinski definition) is 12. The normalized spacial score (nSPS) is 8.67. The predicted octanol–water partition coefficient (Wildman–Crippen LogP) is -4.00. The van der Waals surface area contributed by atoms with Crippen molar-refractivity contribution in [2.24, 2.45) is 0 Å². The second-order valence-electron chi connectivity index (χ2n) is 2.87. The average molecular weight is 395 g/mol. The maximum Gasteiger partial charge on any atom is 0.382 e. The van der Waals surface area contributed by atoms with E-state index in [0.717, 1.165) is 0 Å². The van der Waals surface area contributed by atoms with Gasteiger partial charge >= 0.3 is 23.6 Å². The molecule has 0 unspecified atom stereocenters. The van der Waals surface area contributed by atoms with Crippen molar-refractivity contribution in [1.82, 2.24) is 40.6 Å². The van der Waals surface area contributed by atoms with E-state index in [1.165, 1.54) is 0 Å². The molecule has 2 aromatic heterocycles. The molecule has 0 spiro atoms. The van der Waals surface area contributed by atoms with Gasteiger partial charge < -0.3 is 35.9 Å². The van der Waals surface area contributed by atoms with Gasteiger partial charge in [-0.1, -0.05) is 10.2 Å². The van der Waals surface area contributed by atoms with Gasteiger partial charge in [-0.2, -0.15) is 0 Å². The van der Waals surface area contributed by atoms with Crippen molar-refractivity contribution in [3.63, 3.8) is 0 Å². The number of hydrogen-bond donors (Lipinski definition) is 2. The Balaban J connectivity index is 0. The Labute approximate surface area is 137 Å². The van der Waals surface area contributed by atoms with E-state index in [-0.39, 0.29) is 31.8 Å². The summed E-state index contributed by atoms with van der Waals surface area (Å²) in [5, 5.41) is 51.3. The third kappa shape index (κ3) is 5.28. The van der Waals surface area contributed by atoms with Gasteiger partial charge in [-0.15, -0.1) is 0 Å². The molecule has 0 aliphatic rings. The zero-order chi connectivity index (χ0) is 16.9. The molecule has 0 aliphatic carbocycles. The SMILES string of the molecule is O.O=C(O)c1nnnn1[N+](=O)[O-].O=C(O)c1nnnn1[N+](=O)[O-].[Co]. The summed E-state index contributed by atoms with van der Waals surface area (Å²) in [7, 11) is 0. The number of aromatic carboxylic acids is 2. The molecule has 0 fully saturated rings. The molecule has 0 aliphatic heterocycles. The Kier molecular flexibility index (Phi) is 8.84. The second kappa shape index (κ2) is 9.38. The molecule has 2 aromatic rings. The van der Waals surface area contributed by atoms with E-state index in [1.54, 1.807) is 0 Å². The van der Waals surface area contributed by atoms with Crippen LogP contribution in [-0.2, 0) is 16.8 Å². The first-order valence-electron chi connectivity index (χ1n) is 4.58. The van der Waals surface area contributed by atoms with Crippen LogP contribution >= 0.6 is 0 Å². The smallest absolute Gasteiger partial charge is 0.382 e. The van der Waals surface area contributed by atoms with E-state index in [4.69, 9.17) is 10.2 Å². The number of carbonyl (C=O) groups is 2. The van der Waals surface area contributed by atoms with Crippen LogP contribution in [0.4, 0.5) is 0 Å². The summed E-state index contributed by atoms with van der Waals surface area (Å²) >= 11 is 0. The zero-order valence-corrected chi connectivity index (χ0v) is 11.7. The van der Waals surface area contributed by atoms with Crippen LogP contribution in [-0.4, -0.2) is 78.3 Å². The van der Waals surface area contributed by atoms with Gasteiger partial charge in [0.25, 0.3) is 0 Å². The van der Waals surface area contributed by atoms with Gasteiger partial charge in [0.05, 0.1) is 19.6 Å². The maximum absolute atomic E-state index is 10.1. The minimum absolute atomic E-state index is 0. The van der Waals surface area contributed by atoms with Crippen LogP contribution in [0, 0.1) is 20.2 Å². The molecule has 0 bridgehead atoms. The third-order valence-corrected chi connectivity index (χ3v) is 1.60. The molecule has 1 radical (unpaired) electrons. The fourth-order valence-corrected chi connectivity index (χ4v) is 0.842. The van der Waals surface area contributed by atoms with Crippen LogP contribution in [0.2, 0.25) is 0 Å². The van der Waals surface area contributed by atoms with Crippen LogP contribution in [0.3, 0.4) is 0 Å². The van der Waals surface area contributed by atoms with Crippen molar-refractivity contribution in [1.29, 1.82) is 0 Å². The number of rotatable bonds is 4. The average Bonchev–Trinajstić information content (AvgIpc) is 3.08. The Morgan fingerprint density at radius 1 is 0.875 bits per heavy atom. The molecule has 24 heavy (non-hydrogen) atoms. The molecule has 0 saturated carbocycles. The molecular weight excluding hydrogens is 391 g/mol. The topological polar surface area (TPSA) is 280 Å². The number of carboxylic acid groups (broad SMARTS) is 2. The Morgan fingerprint density at radius 2 is 1.17 bits per heavy atom. The first-order chi connectivity index (χ1) is 10.3. The van der Waals surface area contributed by atoms with Crippen LogP contribution in [0.5, 0.6) is 0 Å². The molecule has 0 atom stereocenters. The largest absolute Gasteiger partial charge is 0.475 e. The van der Waals surface area contributed by atoms with Crippen molar-refractivity contribution < 1.29 is 52.1 Å². The standard InChI is InChI=1S/2C2HN5O4.Co.H2O/c2*8-2(9)1-3-4-5-6(1)7(10)11;;/h2*(H,8,9);;1H2. The van der Waals surface area contributed by atoms with Crippen LogP contribution in [0.25, 0.3) is 0 Å². The van der Waals surface area contributed by atoms with Crippen LogP contribution in [0.15, 0.2) is 0 Å². The molecule has 0 saturated heterocycles. The molecular formula is C4H4CoN10O9. The first kappa shape index (κ1) is 22.6. The van der Waals surface area contributed by atoms with Crippen LogP contribution in [0.1, 0.15) is 21.2 Å². The minimum atomic E-state index is -1.55. The summed E-state index contributed by atoms with van der Waals surface area (Å²) in [6.45, 7) is 0. The summed E-state index contributed by atoms with van der Waals surface area (Å²) in [6.07, 6.45) is 0.